The summed E-state index contributed by atoms with van der Waals surface area (Å²) in [4.78, 5) is 0. The normalized spacial score (nSPS) is 7.25. The summed E-state index contributed by atoms with van der Waals surface area (Å²) < 4.78 is 0. The van der Waals surface area contributed by atoms with E-state index in [4.69, 9.17) is 0 Å². The van der Waals surface area contributed by atoms with Crippen molar-refractivity contribution in [1.29, 1.82) is 0 Å². The van der Waals surface area contributed by atoms with E-state index in [2.05, 4.69) is 30.3 Å². The zero-order chi connectivity index (χ0) is 8.23. The molecule has 0 N–H and O–H groups in total. The summed E-state index contributed by atoms with van der Waals surface area (Å²) in [6.45, 7) is 0. The van der Waals surface area contributed by atoms with Crippen molar-refractivity contribution in [2.45, 2.75) is 0 Å². The molecule has 0 aromatic heterocycles. The van der Waals surface area contributed by atoms with Gasteiger partial charge in [-0.2, -0.15) is 30.3 Å². The van der Waals surface area contributed by atoms with Crippen LogP contribution < -0.4 is 18.9 Å². The molecule has 0 nitrogen and oxygen atoms in total. The van der Waals surface area contributed by atoms with Crippen LogP contribution in [0, 0.1) is 28.3 Å². The number of hydrogen-bond donors (Lipinski definition) is 0. The third-order valence-corrected chi connectivity index (χ3v) is 1.83. The summed E-state index contributed by atoms with van der Waals surface area (Å²) >= 11 is 0. The molecule has 0 unspecified atom stereocenters. The summed E-state index contributed by atoms with van der Waals surface area (Å²) in [5, 5.41) is 0. The molecule has 0 aliphatic heterocycles. The fraction of sp³-hybridized carbons (Fsp3) is 0. The molecule has 0 amide bonds. The van der Waals surface area contributed by atoms with Crippen LogP contribution in [0.3, 0.4) is 0 Å². The first-order valence-corrected chi connectivity index (χ1v) is 3.98. The van der Waals surface area contributed by atoms with Crippen LogP contribution in [0.25, 0.3) is 11.1 Å². The molecule has 0 bridgehead atoms. The van der Waals surface area contributed by atoms with Gasteiger partial charge < -0.3 is 22.3 Å². The van der Waals surface area contributed by atoms with Gasteiger partial charge in [-0.05, 0) is 5.56 Å². The van der Waals surface area contributed by atoms with Crippen molar-refractivity contribution < 1.29 is 18.9 Å². The molecule has 0 saturated carbocycles. The van der Waals surface area contributed by atoms with Crippen molar-refractivity contribution in [3.8, 4) is 11.1 Å². The van der Waals surface area contributed by atoms with Gasteiger partial charge in [-0.25, -0.2) is 0 Å². The Morgan fingerprint density at radius 1 is 0.625 bits per heavy atom. The topological polar surface area (TPSA) is 0 Å². The van der Waals surface area contributed by atoms with Crippen molar-refractivity contribution >= 4 is 0 Å². The summed E-state index contributed by atoms with van der Waals surface area (Å²) in [5.41, 5.74) is 2.50. The maximum atomic E-state index is 3.00. The summed E-state index contributed by atoms with van der Waals surface area (Å²) in [6.07, 6.45) is 0. The van der Waals surface area contributed by atoms with E-state index in [-0.39, 0.29) is 41.1 Å². The predicted molar refractivity (Wildman–Crippen MR) is 70.0 cm³/mol. The van der Waals surface area contributed by atoms with Gasteiger partial charge in [-0.15, -0.1) is 5.56 Å². The van der Waals surface area contributed by atoms with Crippen LogP contribution in [-0.4, -0.2) is 0 Å². The average Bonchev–Trinajstić information content (AvgIpc) is 2.21. The largest absolute Gasteiger partial charge is 1.00 e. The Kier molecular flexibility index (Phi) is 13.5. The smallest absolute Gasteiger partial charge is 0.358 e. The zero-order valence-electron chi connectivity index (χ0n) is 10.7. The second kappa shape index (κ2) is 10.6. The van der Waals surface area contributed by atoms with Gasteiger partial charge in [0.2, 0.25) is 0 Å². The Bertz CT molecular complexity index is 303. The van der Waals surface area contributed by atoms with E-state index in [1.807, 2.05) is 30.3 Å². The predicted octanol–water partition coefficient (Wildman–Crippen LogP) is 1.51. The van der Waals surface area contributed by atoms with Crippen molar-refractivity contribution in [3.05, 3.63) is 82.9 Å². The maximum Gasteiger partial charge on any atom is 1.00 e. The van der Waals surface area contributed by atoms with Gasteiger partial charge in [0.1, 0.15) is 0 Å². The minimum atomic E-state index is 0. The number of hydrogen-bond acceptors (Lipinski definition) is 0. The van der Waals surface area contributed by atoms with Crippen LogP contribution in [0.5, 0.6) is 0 Å². The minimum absolute atomic E-state index is 0. The summed E-state index contributed by atoms with van der Waals surface area (Å²) in [5.74, 6) is 0. The quantitative estimate of drug-likeness (QED) is 0.489. The van der Waals surface area contributed by atoms with Gasteiger partial charge in [0.15, 0.2) is 0 Å². The molecule has 0 fully saturated rings. The molecule has 0 heterocycles. The minimum Gasteiger partial charge on any atom is -0.358 e. The summed E-state index contributed by atoms with van der Waals surface area (Å²) in [6, 6.07) is 21.3. The molecule has 0 radical (unpaired) electrons. The molecule has 0 aliphatic carbocycles. The van der Waals surface area contributed by atoms with Crippen LogP contribution in [0.1, 0.15) is 0 Å². The standard InChI is InChI=1S/C12H9.3CH3.Li/c1-3-7-11(8-4-1)12-9-5-2-6-10-12;;;;/h1,3-10H;3*1H3;/q4*-1;+1. The molecular weight excluding hydrogens is 187 g/mol. The molecule has 82 valence electrons. The zero-order valence-corrected chi connectivity index (χ0v) is 10.7. The Hall–Kier alpha value is -0.963. The molecule has 16 heavy (non-hydrogen) atoms. The van der Waals surface area contributed by atoms with E-state index in [9.17, 15) is 0 Å². The van der Waals surface area contributed by atoms with E-state index in [1.165, 1.54) is 11.1 Å². The van der Waals surface area contributed by atoms with Crippen LogP contribution in [0.15, 0.2) is 54.6 Å². The van der Waals surface area contributed by atoms with Gasteiger partial charge in [0.25, 0.3) is 0 Å². The van der Waals surface area contributed by atoms with Crippen molar-refractivity contribution in [2.75, 3.05) is 0 Å². The molecule has 1 heteroatoms. The van der Waals surface area contributed by atoms with Gasteiger partial charge >= 0.3 is 18.9 Å². The first-order valence-electron chi connectivity index (χ1n) is 3.98. The van der Waals surface area contributed by atoms with Gasteiger partial charge in [0, 0.05) is 0 Å². The third-order valence-electron chi connectivity index (χ3n) is 1.83. The molecular formula is C15H18Li-3. The van der Waals surface area contributed by atoms with Gasteiger partial charge in [-0.1, -0.05) is 30.3 Å². The molecule has 2 aromatic rings. The Morgan fingerprint density at radius 3 is 1.56 bits per heavy atom. The van der Waals surface area contributed by atoms with Crippen molar-refractivity contribution in [1.82, 2.24) is 0 Å². The fourth-order valence-corrected chi connectivity index (χ4v) is 1.21. The molecule has 2 rings (SSSR count). The van der Waals surface area contributed by atoms with Crippen LogP contribution in [0.4, 0.5) is 0 Å². The van der Waals surface area contributed by atoms with E-state index >= 15 is 0 Å². The average molecular weight is 205 g/mol. The fourth-order valence-electron chi connectivity index (χ4n) is 1.21. The van der Waals surface area contributed by atoms with E-state index in [0.717, 1.165) is 0 Å². The second-order valence-electron chi connectivity index (χ2n) is 2.65. The molecule has 0 aliphatic rings. The van der Waals surface area contributed by atoms with E-state index in [0.29, 0.717) is 0 Å². The van der Waals surface area contributed by atoms with Crippen LogP contribution in [0.2, 0.25) is 0 Å². The van der Waals surface area contributed by atoms with E-state index in [1.54, 1.807) is 0 Å². The number of benzene rings is 2. The van der Waals surface area contributed by atoms with E-state index < -0.39 is 0 Å². The molecule has 0 saturated heterocycles. The van der Waals surface area contributed by atoms with Crippen molar-refractivity contribution in [2.24, 2.45) is 0 Å². The Labute approximate surface area is 113 Å². The molecule has 0 atom stereocenters. The monoisotopic (exact) mass is 205 g/mol. The van der Waals surface area contributed by atoms with Gasteiger partial charge in [0.05, 0.1) is 0 Å². The molecule has 2 aromatic carbocycles. The molecule has 0 spiro atoms. The summed E-state index contributed by atoms with van der Waals surface area (Å²) in [7, 11) is 0. The second-order valence-corrected chi connectivity index (χ2v) is 2.65. The Morgan fingerprint density at radius 2 is 1.06 bits per heavy atom. The maximum absolute atomic E-state index is 3.00. The van der Waals surface area contributed by atoms with Crippen LogP contribution >= 0.6 is 0 Å². The van der Waals surface area contributed by atoms with Gasteiger partial charge in [-0.3, -0.25) is 0 Å². The number of rotatable bonds is 1. The third kappa shape index (κ3) is 5.21. The first kappa shape index (κ1) is 20.4. The van der Waals surface area contributed by atoms with Crippen molar-refractivity contribution in [3.63, 3.8) is 0 Å². The SMILES string of the molecule is [CH3-].[CH3-].[CH3-].[Li+].[c-]1ccc(-c2ccccc2)cc1. The van der Waals surface area contributed by atoms with Crippen LogP contribution in [-0.2, 0) is 0 Å². The Balaban J connectivity index is -0.000000422. The first-order chi connectivity index (χ1) is 5.97.